The van der Waals surface area contributed by atoms with E-state index in [1.807, 2.05) is 0 Å². The Kier molecular flexibility index (Phi) is 6.68. The van der Waals surface area contributed by atoms with Gasteiger partial charge in [0.05, 0.1) is 0 Å². The highest BCUT2D eigenvalue weighted by Crippen LogP contribution is 2.10. The van der Waals surface area contributed by atoms with E-state index >= 15 is 0 Å². The standard InChI is InChI=1S/C15H27N2/c1-4-7-8-9-12-16-13-10-15(11-14-16)17(5-2)6-3/h10-11,13-14H,4-9,12H2,1-3H3/q+1. The summed E-state index contributed by atoms with van der Waals surface area (Å²) in [5, 5.41) is 0. The monoisotopic (exact) mass is 235 g/mol. The molecule has 1 rings (SSSR count). The smallest absolute Gasteiger partial charge is 0.170 e. The summed E-state index contributed by atoms with van der Waals surface area (Å²) in [6, 6.07) is 4.46. The maximum atomic E-state index is 2.38. The van der Waals surface area contributed by atoms with E-state index in [1.54, 1.807) is 0 Å². The molecule has 0 saturated carbocycles. The van der Waals surface area contributed by atoms with Gasteiger partial charge in [-0.25, -0.2) is 4.57 Å². The molecular weight excluding hydrogens is 208 g/mol. The number of unbranched alkanes of at least 4 members (excludes halogenated alkanes) is 3. The molecule has 17 heavy (non-hydrogen) atoms. The van der Waals surface area contributed by atoms with Crippen molar-refractivity contribution < 1.29 is 4.57 Å². The summed E-state index contributed by atoms with van der Waals surface area (Å²) >= 11 is 0. The minimum Gasteiger partial charge on any atom is -0.372 e. The zero-order chi connectivity index (χ0) is 12.5. The number of hydrogen-bond acceptors (Lipinski definition) is 1. The average molecular weight is 235 g/mol. The number of hydrogen-bond donors (Lipinski definition) is 0. The van der Waals surface area contributed by atoms with Gasteiger partial charge in [0.1, 0.15) is 6.54 Å². The van der Waals surface area contributed by atoms with Gasteiger partial charge >= 0.3 is 0 Å². The Bertz CT molecular complexity index is 288. The molecule has 0 unspecified atom stereocenters. The van der Waals surface area contributed by atoms with Crippen LogP contribution in [-0.2, 0) is 6.54 Å². The highest BCUT2D eigenvalue weighted by molar-refractivity contribution is 5.43. The molecule has 0 aromatic carbocycles. The molecule has 1 aromatic rings. The fraction of sp³-hybridized carbons (Fsp3) is 0.667. The van der Waals surface area contributed by atoms with E-state index in [2.05, 4.69) is 54.8 Å². The Morgan fingerprint density at radius 1 is 0.941 bits per heavy atom. The zero-order valence-electron chi connectivity index (χ0n) is 11.7. The lowest BCUT2D eigenvalue weighted by molar-refractivity contribution is -0.697. The fourth-order valence-electron chi connectivity index (χ4n) is 2.12. The Hall–Kier alpha value is -1.05. The highest BCUT2D eigenvalue weighted by atomic mass is 15.1. The molecule has 0 spiro atoms. The van der Waals surface area contributed by atoms with Crippen molar-refractivity contribution in [3.8, 4) is 0 Å². The first-order valence-electron chi connectivity index (χ1n) is 7.05. The third-order valence-electron chi connectivity index (χ3n) is 3.27. The zero-order valence-corrected chi connectivity index (χ0v) is 11.7. The molecule has 0 aliphatic heterocycles. The molecule has 1 aromatic heterocycles. The molecule has 1 heterocycles. The van der Waals surface area contributed by atoms with Crippen LogP contribution in [0.5, 0.6) is 0 Å². The third-order valence-corrected chi connectivity index (χ3v) is 3.27. The van der Waals surface area contributed by atoms with Crippen LogP contribution in [0.1, 0.15) is 46.5 Å². The predicted molar refractivity (Wildman–Crippen MR) is 74.3 cm³/mol. The van der Waals surface area contributed by atoms with Crippen molar-refractivity contribution in [3.05, 3.63) is 24.5 Å². The van der Waals surface area contributed by atoms with Crippen molar-refractivity contribution in [2.75, 3.05) is 18.0 Å². The predicted octanol–water partition coefficient (Wildman–Crippen LogP) is 3.40. The van der Waals surface area contributed by atoms with Crippen molar-refractivity contribution in [1.29, 1.82) is 0 Å². The Morgan fingerprint density at radius 2 is 1.59 bits per heavy atom. The number of aromatic nitrogens is 1. The van der Waals surface area contributed by atoms with Crippen LogP contribution in [0.4, 0.5) is 5.69 Å². The van der Waals surface area contributed by atoms with Crippen LogP contribution in [0, 0.1) is 0 Å². The molecule has 0 aliphatic carbocycles. The van der Waals surface area contributed by atoms with E-state index in [0.29, 0.717) is 0 Å². The van der Waals surface area contributed by atoms with Crippen LogP contribution in [0.2, 0.25) is 0 Å². The Balaban J connectivity index is 2.44. The highest BCUT2D eigenvalue weighted by Gasteiger charge is 2.04. The van der Waals surface area contributed by atoms with Crippen molar-refractivity contribution in [2.45, 2.75) is 53.0 Å². The molecule has 0 bridgehead atoms. The second-order valence-corrected chi connectivity index (χ2v) is 4.53. The molecule has 0 atom stereocenters. The minimum atomic E-state index is 1.08. The topological polar surface area (TPSA) is 7.12 Å². The molecule has 0 aliphatic rings. The fourth-order valence-corrected chi connectivity index (χ4v) is 2.12. The largest absolute Gasteiger partial charge is 0.372 e. The van der Waals surface area contributed by atoms with Gasteiger partial charge in [-0.3, -0.25) is 0 Å². The normalized spacial score (nSPS) is 10.5. The first kappa shape index (κ1) is 14.0. The molecule has 96 valence electrons. The van der Waals surface area contributed by atoms with Crippen LogP contribution < -0.4 is 9.47 Å². The Labute approximate surface area is 106 Å². The summed E-state index contributed by atoms with van der Waals surface area (Å²) in [5.41, 5.74) is 1.33. The van der Waals surface area contributed by atoms with Crippen LogP contribution in [0.3, 0.4) is 0 Å². The van der Waals surface area contributed by atoms with Gasteiger partial charge in [0.2, 0.25) is 0 Å². The van der Waals surface area contributed by atoms with Crippen LogP contribution in [-0.4, -0.2) is 13.1 Å². The van der Waals surface area contributed by atoms with E-state index in [-0.39, 0.29) is 0 Å². The number of rotatable bonds is 8. The lowest BCUT2D eigenvalue weighted by atomic mass is 10.2. The van der Waals surface area contributed by atoms with Gasteiger partial charge < -0.3 is 4.90 Å². The van der Waals surface area contributed by atoms with Crippen LogP contribution in [0.25, 0.3) is 0 Å². The van der Waals surface area contributed by atoms with Gasteiger partial charge in [0.15, 0.2) is 12.4 Å². The van der Waals surface area contributed by atoms with Gasteiger partial charge in [0.25, 0.3) is 0 Å². The third kappa shape index (κ3) is 4.76. The molecule has 0 N–H and O–H groups in total. The summed E-state index contributed by atoms with van der Waals surface area (Å²) < 4.78 is 2.29. The second-order valence-electron chi connectivity index (χ2n) is 4.53. The molecule has 0 saturated heterocycles. The summed E-state index contributed by atoms with van der Waals surface area (Å²) in [6.07, 6.45) is 9.73. The maximum Gasteiger partial charge on any atom is 0.170 e. The molecule has 2 nitrogen and oxygen atoms in total. The lowest BCUT2D eigenvalue weighted by Gasteiger charge is -2.19. The lowest BCUT2D eigenvalue weighted by Crippen LogP contribution is -2.33. The van der Waals surface area contributed by atoms with Gasteiger partial charge in [-0.15, -0.1) is 0 Å². The van der Waals surface area contributed by atoms with Gasteiger partial charge in [-0.1, -0.05) is 19.8 Å². The number of pyridine rings is 1. The van der Waals surface area contributed by atoms with Gasteiger partial charge in [0, 0.05) is 37.3 Å². The maximum absolute atomic E-state index is 2.38. The molecule has 0 amide bonds. The van der Waals surface area contributed by atoms with Crippen molar-refractivity contribution in [3.63, 3.8) is 0 Å². The van der Waals surface area contributed by atoms with E-state index in [9.17, 15) is 0 Å². The summed E-state index contributed by atoms with van der Waals surface area (Å²) in [5.74, 6) is 0. The summed E-state index contributed by atoms with van der Waals surface area (Å²) in [4.78, 5) is 2.38. The number of aryl methyl sites for hydroxylation is 1. The quantitative estimate of drug-likeness (QED) is 0.495. The first-order valence-corrected chi connectivity index (χ1v) is 7.05. The van der Waals surface area contributed by atoms with E-state index in [0.717, 1.165) is 19.6 Å². The molecule has 2 heteroatoms. The SMILES string of the molecule is CCCCCC[n+]1ccc(N(CC)CC)cc1. The summed E-state index contributed by atoms with van der Waals surface area (Å²) in [7, 11) is 0. The molecular formula is C15H27N2+. The van der Waals surface area contributed by atoms with Crippen LogP contribution >= 0.6 is 0 Å². The average Bonchev–Trinajstić information content (AvgIpc) is 2.38. The number of nitrogens with zero attached hydrogens (tertiary/aromatic N) is 2. The van der Waals surface area contributed by atoms with E-state index < -0.39 is 0 Å². The minimum absolute atomic E-state index is 1.08. The van der Waals surface area contributed by atoms with Gasteiger partial charge in [-0.05, 0) is 20.3 Å². The van der Waals surface area contributed by atoms with E-state index in [4.69, 9.17) is 0 Å². The first-order chi connectivity index (χ1) is 8.31. The summed E-state index contributed by atoms with van der Waals surface area (Å²) in [6.45, 7) is 9.98. The number of anilines is 1. The Morgan fingerprint density at radius 3 is 2.12 bits per heavy atom. The molecule has 0 fully saturated rings. The van der Waals surface area contributed by atoms with Crippen LogP contribution in [0.15, 0.2) is 24.5 Å². The van der Waals surface area contributed by atoms with E-state index in [1.165, 1.54) is 31.4 Å². The van der Waals surface area contributed by atoms with Gasteiger partial charge in [-0.2, -0.15) is 0 Å². The second kappa shape index (κ2) is 8.10. The molecule has 0 radical (unpaired) electrons. The van der Waals surface area contributed by atoms with Crippen molar-refractivity contribution in [1.82, 2.24) is 0 Å². The van der Waals surface area contributed by atoms with Crippen molar-refractivity contribution in [2.24, 2.45) is 0 Å². The van der Waals surface area contributed by atoms with Crippen molar-refractivity contribution >= 4 is 5.69 Å².